The molecule has 0 bridgehead atoms. The van der Waals surface area contributed by atoms with Crippen molar-refractivity contribution in [3.63, 3.8) is 0 Å². The number of fused-ring (bicyclic) bond motifs is 1. The summed E-state index contributed by atoms with van der Waals surface area (Å²) in [6.45, 7) is 1.20. The average Bonchev–Trinajstić information content (AvgIpc) is 2.56. The Bertz CT molecular complexity index is 672. The van der Waals surface area contributed by atoms with Gasteiger partial charge in [0.1, 0.15) is 0 Å². The molecule has 1 aromatic carbocycles. The fourth-order valence-electron chi connectivity index (χ4n) is 1.42. The molecule has 8 heteroatoms. The lowest BCUT2D eigenvalue weighted by Crippen LogP contribution is -2.09. The molecule has 2 rings (SSSR count). The number of halogens is 3. The Morgan fingerprint density at radius 1 is 1.28 bits per heavy atom. The summed E-state index contributed by atoms with van der Waals surface area (Å²) < 4.78 is 38.3. The number of benzene rings is 1. The van der Waals surface area contributed by atoms with Gasteiger partial charge in [0.25, 0.3) is 4.06 Å². The molecule has 1 N–H and O–H groups in total. The lowest BCUT2D eigenvalue weighted by Gasteiger charge is -2.10. The molecule has 0 spiro atoms. The molecule has 0 saturated carbocycles. The minimum atomic E-state index is -4.51. The maximum Gasteiger partial charge on any atom is 0.416 e. The first kappa shape index (κ1) is 13.0. The Morgan fingerprint density at radius 2 is 1.94 bits per heavy atom. The van der Waals surface area contributed by atoms with Gasteiger partial charge in [-0.05, 0) is 12.1 Å². The number of hydrogen-bond acceptors (Lipinski definition) is 4. The van der Waals surface area contributed by atoms with Gasteiger partial charge in [-0.15, -0.1) is 0 Å². The number of hydrogen-bond donors (Lipinski definition) is 1. The highest BCUT2D eigenvalue weighted by Gasteiger charge is 2.32. The van der Waals surface area contributed by atoms with E-state index in [-0.39, 0.29) is 14.4 Å². The van der Waals surface area contributed by atoms with E-state index in [2.05, 4.69) is 5.32 Å². The second-order valence-electron chi connectivity index (χ2n) is 3.48. The Labute approximate surface area is 107 Å². The van der Waals surface area contributed by atoms with Crippen molar-refractivity contribution in [1.29, 1.82) is 0 Å². The van der Waals surface area contributed by atoms with Crippen LogP contribution in [0.25, 0.3) is 9.40 Å². The summed E-state index contributed by atoms with van der Waals surface area (Å²) in [4.78, 5) is 22.2. The highest BCUT2D eigenvalue weighted by Crippen LogP contribution is 2.37. The van der Waals surface area contributed by atoms with Crippen LogP contribution >= 0.6 is 22.7 Å². The van der Waals surface area contributed by atoms with E-state index in [1.165, 1.54) is 6.92 Å². The van der Waals surface area contributed by atoms with E-state index in [1.54, 1.807) is 0 Å². The van der Waals surface area contributed by atoms with Gasteiger partial charge in [0, 0.05) is 6.92 Å². The van der Waals surface area contributed by atoms with Crippen LogP contribution in [0.4, 0.5) is 18.9 Å². The molecule has 0 unspecified atom stereocenters. The monoisotopic (exact) mass is 293 g/mol. The first-order valence-electron chi connectivity index (χ1n) is 4.70. The largest absolute Gasteiger partial charge is 0.416 e. The number of anilines is 1. The van der Waals surface area contributed by atoms with Crippen LogP contribution in [0.1, 0.15) is 12.5 Å². The fourth-order valence-corrected chi connectivity index (χ4v) is 3.47. The molecule has 3 nitrogen and oxygen atoms in total. The highest BCUT2D eigenvalue weighted by molar-refractivity contribution is 7.36. The minimum absolute atomic E-state index is 0.0238. The second-order valence-corrected chi connectivity index (χ2v) is 5.74. The summed E-state index contributed by atoms with van der Waals surface area (Å²) in [5.41, 5.74) is -0.858. The van der Waals surface area contributed by atoms with Gasteiger partial charge in [-0.1, -0.05) is 22.7 Å². The van der Waals surface area contributed by atoms with E-state index >= 15 is 0 Å². The van der Waals surface area contributed by atoms with E-state index in [0.717, 1.165) is 34.8 Å². The van der Waals surface area contributed by atoms with Gasteiger partial charge < -0.3 is 5.32 Å². The summed E-state index contributed by atoms with van der Waals surface area (Å²) in [5, 5.41) is 2.31. The van der Waals surface area contributed by atoms with Crippen LogP contribution in [-0.2, 0) is 11.0 Å². The topological polar surface area (TPSA) is 46.2 Å². The number of nitrogens with one attached hydrogen (secondary N) is 1. The predicted octanol–water partition coefficient (Wildman–Crippen LogP) is 3.30. The maximum absolute atomic E-state index is 12.7. The van der Waals surface area contributed by atoms with Crippen molar-refractivity contribution < 1.29 is 18.0 Å². The second kappa shape index (κ2) is 4.36. The highest BCUT2D eigenvalue weighted by atomic mass is 32.2. The Kier molecular flexibility index (Phi) is 3.16. The molecule has 0 aliphatic rings. The average molecular weight is 293 g/mol. The van der Waals surface area contributed by atoms with Gasteiger partial charge in [-0.25, -0.2) is 0 Å². The molecule has 0 atom stereocenters. The van der Waals surface area contributed by atoms with Gasteiger partial charge in [-0.3, -0.25) is 9.59 Å². The Morgan fingerprint density at radius 3 is 2.50 bits per heavy atom. The summed E-state index contributed by atoms with van der Waals surface area (Å²) in [6, 6.07) is 1.76. The van der Waals surface area contributed by atoms with E-state index in [9.17, 15) is 22.8 Å². The zero-order chi connectivity index (χ0) is 13.5. The molecule has 1 amide bonds. The summed E-state index contributed by atoms with van der Waals surface area (Å²) >= 11 is 1.56. The first-order valence-corrected chi connectivity index (χ1v) is 6.33. The molecule has 0 fully saturated rings. The summed E-state index contributed by atoms with van der Waals surface area (Å²) in [7, 11) is 0. The lowest BCUT2D eigenvalue weighted by atomic mass is 10.2. The van der Waals surface area contributed by atoms with Crippen molar-refractivity contribution in [3.05, 3.63) is 26.5 Å². The minimum Gasteiger partial charge on any atom is -0.325 e. The lowest BCUT2D eigenvalue weighted by molar-refractivity contribution is -0.137. The van der Waals surface area contributed by atoms with Crippen LogP contribution < -0.4 is 9.37 Å². The third kappa shape index (κ3) is 2.54. The molecule has 0 saturated heterocycles. The quantitative estimate of drug-likeness (QED) is 0.877. The third-order valence-electron chi connectivity index (χ3n) is 2.07. The van der Waals surface area contributed by atoms with E-state index in [0.29, 0.717) is 4.70 Å². The molecule has 1 heterocycles. The third-order valence-corrected chi connectivity index (χ3v) is 4.22. The fraction of sp³-hybridized carbons (Fsp3) is 0.200. The standard InChI is InChI=1S/C10H6F3NO2S2/c1-4(15)14-6-2-5(10(11,12)13)3-7-8(6)18-9(16)17-7/h2-3H,1H3,(H,14,15). The summed E-state index contributed by atoms with van der Waals surface area (Å²) in [5.74, 6) is -0.485. The molecule has 2 aromatic rings. The first-order chi connectivity index (χ1) is 8.27. The van der Waals surface area contributed by atoms with E-state index in [4.69, 9.17) is 0 Å². The van der Waals surface area contributed by atoms with Gasteiger partial charge in [0.05, 0.1) is 20.7 Å². The number of amides is 1. The number of alkyl halides is 3. The predicted molar refractivity (Wildman–Crippen MR) is 65.3 cm³/mol. The van der Waals surface area contributed by atoms with Crippen molar-refractivity contribution in [1.82, 2.24) is 0 Å². The molecule has 96 valence electrons. The van der Waals surface area contributed by atoms with Crippen molar-refractivity contribution in [2.75, 3.05) is 5.32 Å². The van der Waals surface area contributed by atoms with Gasteiger partial charge in [0.2, 0.25) is 5.91 Å². The summed E-state index contributed by atoms with van der Waals surface area (Å²) in [6.07, 6.45) is -4.51. The van der Waals surface area contributed by atoms with Crippen LogP contribution in [-0.4, -0.2) is 5.91 Å². The normalized spacial score (nSPS) is 11.8. The van der Waals surface area contributed by atoms with Crippen LogP contribution in [0.5, 0.6) is 0 Å². The van der Waals surface area contributed by atoms with Crippen molar-refractivity contribution in [3.8, 4) is 0 Å². The van der Waals surface area contributed by atoms with Gasteiger partial charge >= 0.3 is 6.18 Å². The van der Waals surface area contributed by atoms with Crippen LogP contribution in [0.15, 0.2) is 16.9 Å². The SMILES string of the molecule is CC(=O)Nc1cc(C(F)(F)F)cc2sc(=O)sc12. The number of carbonyl (C=O) groups is 1. The molecular formula is C10H6F3NO2S2. The maximum atomic E-state index is 12.7. The van der Waals surface area contributed by atoms with Crippen molar-refractivity contribution >= 4 is 43.7 Å². The van der Waals surface area contributed by atoms with Gasteiger partial charge in [-0.2, -0.15) is 13.2 Å². The van der Waals surface area contributed by atoms with Crippen molar-refractivity contribution in [2.45, 2.75) is 13.1 Å². The number of rotatable bonds is 1. The number of carbonyl (C=O) groups excluding carboxylic acids is 1. The van der Waals surface area contributed by atoms with Crippen LogP contribution in [0, 0.1) is 0 Å². The van der Waals surface area contributed by atoms with E-state index < -0.39 is 17.6 Å². The Hall–Kier alpha value is -1.41. The molecular weight excluding hydrogens is 287 g/mol. The molecule has 18 heavy (non-hydrogen) atoms. The van der Waals surface area contributed by atoms with E-state index in [1.807, 2.05) is 0 Å². The zero-order valence-corrected chi connectivity index (χ0v) is 10.6. The smallest absolute Gasteiger partial charge is 0.325 e. The Balaban J connectivity index is 2.71. The van der Waals surface area contributed by atoms with Crippen LogP contribution in [0.2, 0.25) is 0 Å². The molecule has 1 aromatic heterocycles. The van der Waals surface area contributed by atoms with Crippen molar-refractivity contribution in [2.24, 2.45) is 0 Å². The van der Waals surface area contributed by atoms with Gasteiger partial charge in [0.15, 0.2) is 0 Å². The molecule has 0 aliphatic carbocycles. The molecule has 0 aliphatic heterocycles. The zero-order valence-electron chi connectivity index (χ0n) is 8.92. The van der Waals surface area contributed by atoms with Crippen LogP contribution in [0.3, 0.4) is 0 Å². The molecule has 0 radical (unpaired) electrons.